The van der Waals surface area contributed by atoms with Crippen LogP contribution in [0.1, 0.15) is 115 Å². The van der Waals surface area contributed by atoms with Crippen molar-refractivity contribution >= 4 is 11.6 Å². The quantitative estimate of drug-likeness (QED) is 0.196. The lowest BCUT2D eigenvalue weighted by Gasteiger charge is -2.41. The number of anilines is 2. The highest BCUT2D eigenvalue weighted by Gasteiger charge is 2.34. The van der Waals surface area contributed by atoms with E-state index in [4.69, 9.17) is 4.74 Å². The average Bonchev–Trinajstić information content (AvgIpc) is 3.64. The lowest BCUT2D eigenvalue weighted by Crippen LogP contribution is -2.41. The van der Waals surface area contributed by atoms with Gasteiger partial charge in [-0.3, -0.25) is 0 Å². The molecule has 0 spiro atoms. The summed E-state index contributed by atoms with van der Waals surface area (Å²) in [6, 6.07) is 3.28. The molecule has 0 radical (unpaired) electrons. The highest BCUT2D eigenvalue weighted by molar-refractivity contribution is 5.67. The van der Waals surface area contributed by atoms with Crippen LogP contribution in [0, 0.1) is 19.8 Å². The topological polar surface area (TPSA) is 68.1 Å². The number of alkyl halides is 6. The summed E-state index contributed by atoms with van der Waals surface area (Å²) in [6.07, 6.45) is 11.2. The first-order chi connectivity index (χ1) is 22.7. The number of hydrogen-bond acceptors (Lipinski definition) is 6. The lowest BCUT2D eigenvalue weighted by atomic mass is 9.88. The van der Waals surface area contributed by atoms with Gasteiger partial charge in [-0.2, -0.15) is 31.1 Å². The van der Waals surface area contributed by atoms with E-state index in [1.165, 1.54) is 64.5 Å². The number of halogens is 6. The normalized spacial score (nSPS) is 16.8. The van der Waals surface area contributed by atoms with E-state index in [0.29, 0.717) is 12.0 Å². The van der Waals surface area contributed by atoms with Crippen molar-refractivity contribution in [2.75, 3.05) is 16.8 Å². The first-order valence-electron chi connectivity index (χ1n) is 16.4. The number of tetrazole rings is 1. The number of rotatable bonds is 4. The molecule has 5 rings (SSSR count). The molecule has 272 valence electrons. The molecule has 48 heavy (non-hydrogen) atoms. The predicted molar refractivity (Wildman–Crippen MR) is 183 cm³/mol. The summed E-state index contributed by atoms with van der Waals surface area (Å²) in [4.78, 5) is 4.18. The van der Waals surface area contributed by atoms with Crippen LogP contribution in [0.3, 0.4) is 0 Å². The summed E-state index contributed by atoms with van der Waals surface area (Å²) in [6.45, 7) is 15.5. The SMILES string of the molecule is C#C.C/C=C/CC(F)(F)F.C/C=C\C.CC.CCC(F)(F)F.Cc1c2c(cc3c1N(C1CCC1)CCCC3Nc1nnn(C)n1)COC2. The molecule has 1 saturated carbocycles. The fourth-order valence-corrected chi connectivity index (χ4v) is 4.88. The molecule has 1 atom stereocenters. The Labute approximate surface area is 283 Å². The zero-order chi connectivity index (χ0) is 36.9. The number of nitrogens with zero attached hydrogens (tertiary/aromatic N) is 5. The number of ether oxygens (including phenoxy) is 1. The predicted octanol–water partition coefficient (Wildman–Crippen LogP) is 10.2. The van der Waals surface area contributed by atoms with Gasteiger partial charge in [0.25, 0.3) is 5.95 Å². The Morgan fingerprint density at radius 2 is 1.56 bits per heavy atom. The van der Waals surface area contributed by atoms with Gasteiger partial charge in [-0.05, 0) is 93.3 Å². The number of terminal acetylenes is 1. The summed E-state index contributed by atoms with van der Waals surface area (Å²) in [5.74, 6) is 0.606. The molecule has 1 aliphatic carbocycles. The third-order valence-corrected chi connectivity index (χ3v) is 7.50. The molecule has 3 aliphatic rings. The molecule has 7 nitrogen and oxygen atoms in total. The summed E-state index contributed by atoms with van der Waals surface area (Å²) in [5.41, 5.74) is 6.95. The van der Waals surface area contributed by atoms with Crippen LogP contribution in [0.5, 0.6) is 0 Å². The monoisotopic (exact) mass is 688 g/mol. The molecule has 3 heterocycles. The molecular formula is C35H54F6N6O. The number of aromatic nitrogens is 4. The molecule has 0 bridgehead atoms. The van der Waals surface area contributed by atoms with Gasteiger partial charge in [-0.25, -0.2) is 0 Å². The fraction of sp³-hybridized carbons (Fsp3) is 0.629. The summed E-state index contributed by atoms with van der Waals surface area (Å²) in [7, 11) is 1.80. The van der Waals surface area contributed by atoms with Crippen molar-refractivity contribution in [3.8, 4) is 12.8 Å². The number of fused-ring (bicyclic) bond motifs is 2. The second-order valence-electron chi connectivity index (χ2n) is 10.8. The van der Waals surface area contributed by atoms with Crippen molar-refractivity contribution in [1.82, 2.24) is 20.2 Å². The van der Waals surface area contributed by atoms with Crippen molar-refractivity contribution in [3.63, 3.8) is 0 Å². The van der Waals surface area contributed by atoms with E-state index >= 15 is 0 Å². The van der Waals surface area contributed by atoms with E-state index in [1.807, 2.05) is 39.8 Å². The standard InChI is InChI=1S/C19H26N6O.C5H7F3.C4H8.C3H5F3.C2H6.C2H2/c1-12-16-11-26-10-13(16)9-15-17(20-19-21-23-24(2)22-19)7-4-8-25(18(12)15)14-5-3-6-14;1-2-3-4-5(6,7)8;1-3-4-2;1-2-3(4,5)6;2*1-2/h9,14,17H,3-8,10-11H2,1-2H3,(H,20,22);2-3H,4H2,1H3;3-4H,1-2H3;2H2,1H3;1-2H3;1-2H/b;3-2+;4-3-;;;. The van der Waals surface area contributed by atoms with Crippen LogP contribution < -0.4 is 10.2 Å². The smallest absolute Gasteiger partial charge is 0.372 e. The summed E-state index contributed by atoms with van der Waals surface area (Å²) >= 11 is 0. The molecule has 1 N–H and O–H groups in total. The highest BCUT2D eigenvalue weighted by Crippen LogP contribution is 2.44. The number of hydrogen-bond donors (Lipinski definition) is 1. The van der Waals surface area contributed by atoms with E-state index in [2.05, 4.69) is 51.5 Å². The van der Waals surface area contributed by atoms with Crippen molar-refractivity contribution in [2.45, 2.75) is 131 Å². The van der Waals surface area contributed by atoms with Gasteiger partial charge in [-0.1, -0.05) is 50.2 Å². The third kappa shape index (κ3) is 15.6. The van der Waals surface area contributed by atoms with Crippen LogP contribution in [0.15, 0.2) is 30.4 Å². The van der Waals surface area contributed by atoms with E-state index < -0.39 is 25.2 Å². The Balaban J connectivity index is 0.000000832. The Kier molecular flexibility index (Phi) is 21.2. The van der Waals surface area contributed by atoms with Gasteiger partial charge in [-0.15, -0.1) is 17.9 Å². The minimum absolute atomic E-state index is 0.212. The zero-order valence-corrected chi connectivity index (χ0v) is 29.7. The lowest BCUT2D eigenvalue weighted by molar-refractivity contribution is -0.130. The molecule has 13 heteroatoms. The Morgan fingerprint density at radius 1 is 0.958 bits per heavy atom. The van der Waals surface area contributed by atoms with Gasteiger partial charge in [0.05, 0.1) is 32.7 Å². The molecule has 2 aliphatic heterocycles. The minimum atomic E-state index is -4.04. The zero-order valence-electron chi connectivity index (χ0n) is 29.7. The van der Waals surface area contributed by atoms with Crippen LogP contribution >= 0.6 is 0 Å². The largest absolute Gasteiger partial charge is 0.392 e. The summed E-state index contributed by atoms with van der Waals surface area (Å²) < 4.78 is 71.7. The van der Waals surface area contributed by atoms with Gasteiger partial charge in [0, 0.05) is 24.7 Å². The molecule has 0 saturated heterocycles. The van der Waals surface area contributed by atoms with Crippen molar-refractivity contribution in [2.24, 2.45) is 7.05 Å². The molecule has 1 fully saturated rings. The summed E-state index contributed by atoms with van der Waals surface area (Å²) in [5, 5.41) is 16.0. The van der Waals surface area contributed by atoms with Crippen molar-refractivity contribution in [3.05, 3.63) is 52.6 Å². The van der Waals surface area contributed by atoms with Gasteiger partial charge in [0.1, 0.15) is 0 Å². The average molecular weight is 689 g/mol. The first-order valence-corrected chi connectivity index (χ1v) is 16.4. The maximum absolute atomic E-state index is 11.2. The molecule has 0 amide bonds. The second kappa shape index (κ2) is 22.9. The van der Waals surface area contributed by atoms with E-state index in [9.17, 15) is 26.3 Å². The minimum Gasteiger partial charge on any atom is -0.372 e. The molecule has 1 aromatic heterocycles. The Morgan fingerprint density at radius 3 is 1.98 bits per heavy atom. The molecular weight excluding hydrogens is 634 g/mol. The maximum Gasteiger partial charge on any atom is 0.392 e. The van der Waals surface area contributed by atoms with Gasteiger partial charge in [0.15, 0.2) is 0 Å². The highest BCUT2D eigenvalue weighted by atomic mass is 19.4. The number of allylic oxidation sites excluding steroid dienone is 4. The molecule has 1 aromatic carbocycles. The Bertz CT molecular complexity index is 1240. The fourth-order valence-electron chi connectivity index (χ4n) is 4.88. The molecule has 2 aromatic rings. The number of aryl methyl sites for hydroxylation is 1. The van der Waals surface area contributed by atoms with E-state index in [-0.39, 0.29) is 6.04 Å². The number of nitrogens with one attached hydrogen (secondary N) is 1. The van der Waals surface area contributed by atoms with Crippen LogP contribution in [-0.4, -0.2) is 45.1 Å². The van der Waals surface area contributed by atoms with Gasteiger partial charge in [0.2, 0.25) is 0 Å². The first kappa shape index (κ1) is 44.5. The van der Waals surface area contributed by atoms with E-state index in [1.54, 1.807) is 14.0 Å². The van der Waals surface area contributed by atoms with Crippen LogP contribution in [0.25, 0.3) is 0 Å². The van der Waals surface area contributed by atoms with Crippen molar-refractivity contribution < 1.29 is 31.1 Å². The van der Waals surface area contributed by atoms with Crippen molar-refractivity contribution in [1.29, 1.82) is 0 Å². The van der Waals surface area contributed by atoms with E-state index in [0.717, 1.165) is 39.2 Å². The molecule has 1 unspecified atom stereocenters. The van der Waals surface area contributed by atoms with Crippen LogP contribution in [-0.2, 0) is 25.0 Å². The Hall–Kier alpha value is -3.53. The van der Waals surface area contributed by atoms with Crippen LogP contribution in [0.2, 0.25) is 0 Å². The third-order valence-electron chi connectivity index (χ3n) is 7.50. The van der Waals surface area contributed by atoms with Crippen LogP contribution in [0.4, 0.5) is 38.0 Å². The second-order valence-corrected chi connectivity index (χ2v) is 10.8. The van der Waals surface area contributed by atoms with Gasteiger partial charge < -0.3 is 15.0 Å². The maximum atomic E-state index is 11.2. The van der Waals surface area contributed by atoms with Gasteiger partial charge >= 0.3 is 12.4 Å². The number of benzene rings is 1.